The van der Waals surface area contributed by atoms with Crippen LogP contribution >= 0.6 is 0 Å². The lowest BCUT2D eigenvalue weighted by Crippen LogP contribution is -2.55. The zero-order valence-corrected chi connectivity index (χ0v) is 18.1. The van der Waals surface area contributed by atoms with Crippen molar-refractivity contribution in [1.82, 2.24) is 14.4 Å². The lowest BCUT2D eigenvalue weighted by molar-refractivity contribution is -0.140. The predicted molar refractivity (Wildman–Crippen MR) is 122 cm³/mol. The van der Waals surface area contributed by atoms with E-state index in [2.05, 4.69) is 11.9 Å². The van der Waals surface area contributed by atoms with Gasteiger partial charge < -0.3 is 24.0 Å². The van der Waals surface area contributed by atoms with Crippen LogP contribution in [-0.4, -0.2) is 72.1 Å². The van der Waals surface area contributed by atoms with Gasteiger partial charge in [0.05, 0.1) is 12.2 Å². The molecule has 0 radical (unpaired) electrons. The maximum absolute atomic E-state index is 13.6. The topological polar surface area (TPSA) is 58.0 Å². The van der Waals surface area contributed by atoms with Crippen LogP contribution in [0.25, 0.3) is 5.69 Å². The van der Waals surface area contributed by atoms with Gasteiger partial charge in [0.2, 0.25) is 0 Å². The second kappa shape index (κ2) is 8.51. The molecule has 1 aromatic heterocycles. The summed E-state index contributed by atoms with van der Waals surface area (Å²) >= 11 is 0. The molecule has 0 spiro atoms. The first-order valence-corrected chi connectivity index (χ1v) is 10.9. The van der Waals surface area contributed by atoms with Gasteiger partial charge in [-0.25, -0.2) is 0 Å². The largest absolute Gasteiger partial charge is 0.476 e. The molecule has 2 amide bonds. The van der Waals surface area contributed by atoms with Crippen LogP contribution < -0.4 is 9.64 Å². The van der Waals surface area contributed by atoms with E-state index in [0.717, 1.165) is 18.8 Å². The van der Waals surface area contributed by atoms with Crippen LogP contribution in [0.5, 0.6) is 5.75 Å². The number of hydrogen-bond donors (Lipinski definition) is 0. The Morgan fingerprint density at radius 2 is 1.66 bits per heavy atom. The first-order chi connectivity index (χ1) is 15.6. The third kappa shape index (κ3) is 3.87. The fourth-order valence-corrected chi connectivity index (χ4v) is 4.25. The standard InChI is InChI=1S/C25H26N4O3/c1-26-13-15-28(16-14-26)25(31)23-18-29(21-9-2-3-10-22(21)32-23)24(30)19-7-6-8-20(17-19)27-11-4-5-12-27/h2-12,17,23H,13-16,18H2,1H3. The third-order valence-corrected chi connectivity index (χ3v) is 6.10. The molecule has 164 valence electrons. The van der Waals surface area contributed by atoms with Crippen molar-refractivity contribution in [2.45, 2.75) is 6.10 Å². The summed E-state index contributed by atoms with van der Waals surface area (Å²) in [5.74, 6) is 0.346. The zero-order chi connectivity index (χ0) is 22.1. The summed E-state index contributed by atoms with van der Waals surface area (Å²) in [6, 6.07) is 18.8. The average Bonchev–Trinajstić information content (AvgIpc) is 3.38. The molecule has 7 heteroatoms. The number of hydrogen-bond acceptors (Lipinski definition) is 4. The second-order valence-corrected chi connectivity index (χ2v) is 8.26. The number of carbonyl (C=O) groups excluding carboxylic acids is 2. The van der Waals surface area contributed by atoms with Gasteiger partial charge in [-0.1, -0.05) is 18.2 Å². The van der Waals surface area contributed by atoms with Crippen LogP contribution in [0.1, 0.15) is 10.4 Å². The molecule has 5 rings (SSSR count). The highest BCUT2D eigenvalue weighted by Gasteiger charge is 2.37. The van der Waals surface area contributed by atoms with E-state index >= 15 is 0 Å². The van der Waals surface area contributed by atoms with Gasteiger partial charge in [0, 0.05) is 49.8 Å². The summed E-state index contributed by atoms with van der Waals surface area (Å²) in [5, 5.41) is 0. The zero-order valence-electron chi connectivity index (χ0n) is 18.1. The molecule has 0 saturated carbocycles. The number of benzene rings is 2. The van der Waals surface area contributed by atoms with E-state index in [1.165, 1.54) is 0 Å². The Labute approximate surface area is 187 Å². The summed E-state index contributed by atoms with van der Waals surface area (Å²) in [6.45, 7) is 3.20. The number of anilines is 1. The summed E-state index contributed by atoms with van der Waals surface area (Å²) in [4.78, 5) is 32.5. The minimum Gasteiger partial charge on any atom is -0.476 e. The van der Waals surface area contributed by atoms with E-state index in [-0.39, 0.29) is 18.4 Å². The first kappa shape index (κ1) is 20.3. The summed E-state index contributed by atoms with van der Waals surface area (Å²) < 4.78 is 8.03. The summed E-state index contributed by atoms with van der Waals surface area (Å²) in [7, 11) is 2.05. The van der Waals surface area contributed by atoms with Gasteiger partial charge >= 0.3 is 0 Å². The Bertz CT molecular complexity index is 1120. The molecule has 1 atom stereocenters. The molecule has 2 aliphatic heterocycles. The molecular weight excluding hydrogens is 404 g/mol. The van der Waals surface area contributed by atoms with Crippen LogP contribution in [0.2, 0.25) is 0 Å². The molecule has 1 fully saturated rings. The lowest BCUT2D eigenvalue weighted by Gasteiger charge is -2.38. The van der Waals surface area contributed by atoms with Gasteiger partial charge in [0.25, 0.3) is 11.8 Å². The Morgan fingerprint density at radius 3 is 2.44 bits per heavy atom. The van der Waals surface area contributed by atoms with E-state index in [1.807, 2.05) is 82.5 Å². The van der Waals surface area contributed by atoms with Crippen LogP contribution in [-0.2, 0) is 4.79 Å². The number of piperazine rings is 1. The number of carbonyl (C=O) groups is 2. The monoisotopic (exact) mass is 430 g/mol. The van der Waals surface area contributed by atoms with Crippen molar-refractivity contribution in [1.29, 1.82) is 0 Å². The molecule has 1 unspecified atom stereocenters. The Morgan fingerprint density at radius 1 is 0.906 bits per heavy atom. The SMILES string of the molecule is CN1CCN(C(=O)C2CN(C(=O)c3cccc(-n4cccc4)c3)c3ccccc3O2)CC1. The van der Waals surface area contributed by atoms with E-state index < -0.39 is 6.10 Å². The molecule has 0 N–H and O–H groups in total. The molecule has 2 aliphatic rings. The van der Waals surface area contributed by atoms with Crippen molar-refractivity contribution in [2.24, 2.45) is 0 Å². The fourth-order valence-electron chi connectivity index (χ4n) is 4.25. The highest BCUT2D eigenvalue weighted by molar-refractivity contribution is 6.08. The molecule has 2 aromatic carbocycles. The summed E-state index contributed by atoms with van der Waals surface area (Å²) in [6.07, 6.45) is 3.17. The molecule has 32 heavy (non-hydrogen) atoms. The number of amides is 2. The van der Waals surface area contributed by atoms with Crippen molar-refractivity contribution >= 4 is 17.5 Å². The van der Waals surface area contributed by atoms with Gasteiger partial charge in [-0.15, -0.1) is 0 Å². The van der Waals surface area contributed by atoms with Gasteiger partial charge in [-0.2, -0.15) is 0 Å². The highest BCUT2D eigenvalue weighted by atomic mass is 16.5. The number of para-hydroxylation sites is 2. The van der Waals surface area contributed by atoms with E-state index in [4.69, 9.17) is 4.74 Å². The van der Waals surface area contributed by atoms with Crippen molar-refractivity contribution in [3.8, 4) is 11.4 Å². The predicted octanol–water partition coefficient (Wildman–Crippen LogP) is 2.66. The summed E-state index contributed by atoms with van der Waals surface area (Å²) in [5.41, 5.74) is 2.16. The number of rotatable bonds is 3. The van der Waals surface area contributed by atoms with Gasteiger partial charge in [-0.3, -0.25) is 9.59 Å². The van der Waals surface area contributed by atoms with Gasteiger partial charge in [-0.05, 0) is 49.5 Å². The number of fused-ring (bicyclic) bond motifs is 1. The Balaban J connectivity index is 1.43. The van der Waals surface area contributed by atoms with E-state index in [1.54, 1.807) is 4.90 Å². The van der Waals surface area contributed by atoms with Crippen LogP contribution in [0.15, 0.2) is 73.1 Å². The molecule has 0 bridgehead atoms. The maximum atomic E-state index is 13.6. The smallest absolute Gasteiger partial charge is 0.265 e. The van der Waals surface area contributed by atoms with Crippen molar-refractivity contribution < 1.29 is 14.3 Å². The second-order valence-electron chi connectivity index (χ2n) is 8.26. The number of ether oxygens (including phenoxy) is 1. The van der Waals surface area contributed by atoms with Crippen molar-refractivity contribution in [3.05, 3.63) is 78.6 Å². The molecule has 0 aliphatic carbocycles. The third-order valence-electron chi connectivity index (χ3n) is 6.10. The van der Waals surface area contributed by atoms with Crippen molar-refractivity contribution in [3.63, 3.8) is 0 Å². The van der Waals surface area contributed by atoms with Crippen LogP contribution in [0.3, 0.4) is 0 Å². The number of likely N-dealkylation sites (N-methyl/N-ethyl adjacent to an activating group) is 1. The normalized spacial score (nSPS) is 18.7. The lowest BCUT2D eigenvalue weighted by atomic mass is 10.1. The number of nitrogens with zero attached hydrogens (tertiary/aromatic N) is 4. The maximum Gasteiger partial charge on any atom is 0.265 e. The minimum absolute atomic E-state index is 0.0634. The van der Waals surface area contributed by atoms with Gasteiger partial charge in [0.1, 0.15) is 5.75 Å². The van der Waals surface area contributed by atoms with E-state index in [0.29, 0.717) is 30.1 Å². The average molecular weight is 431 g/mol. The fraction of sp³-hybridized carbons (Fsp3) is 0.280. The molecule has 3 heterocycles. The molecular formula is C25H26N4O3. The Hall–Kier alpha value is -3.58. The molecule has 3 aromatic rings. The van der Waals surface area contributed by atoms with Crippen LogP contribution in [0, 0.1) is 0 Å². The van der Waals surface area contributed by atoms with E-state index in [9.17, 15) is 9.59 Å². The first-order valence-electron chi connectivity index (χ1n) is 10.9. The molecule has 7 nitrogen and oxygen atoms in total. The number of aromatic nitrogens is 1. The molecule has 1 saturated heterocycles. The van der Waals surface area contributed by atoms with Gasteiger partial charge in [0.15, 0.2) is 6.10 Å². The Kier molecular flexibility index (Phi) is 5.41. The van der Waals surface area contributed by atoms with Crippen LogP contribution in [0.4, 0.5) is 5.69 Å². The van der Waals surface area contributed by atoms with Crippen molar-refractivity contribution in [2.75, 3.05) is 44.7 Å². The minimum atomic E-state index is -0.718. The quantitative estimate of drug-likeness (QED) is 0.641. The highest BCUT2D eigenvalue weighted by Crippen LogP contribution is 2.34.